The standard InChI is InChI=1S/C12H24N6O2/c1-4-5-7-19-8-6-14-10-15-11(18-13)17-12(16-10)20-9(2)3/h9H,4-8,13H2,1-3H3,(H2,14,15,16,17,18). The number of nitrogens with one attached hydrogen (secondary N) is 2. The molecule has 0 amide bonds. The van der Waals surface area contributed by atoms with Gasteiger partial charge in [-0.1, -0.05) is 13.3 Å². The monoisotopic (exact) mass is 284 g/mol. The number of aromatic nitrogens is 3. The maximum atomic E-state index is 5.44. The lowest BCUT2D eigenvalue weighted by molar-refractivity contribution is 0.141. The lowest BCUT2D eigenvalue weighted by atomic mass is 10.4. The summed E-state index contributed by atoms with van der Waals surface area (Å²) in [5, 5.41) is 3.05. The van der Waals surface area contributed by atoms with Crippen LogP contribution in [0, 0.1) is 0 Å². The van der Waals surface area contributed by atoms with Crippen LogP contribution in [0.2, 0.25) is 0 Å². The van der Waals surface area contributed by atoms with E-state index in [-0.39, 0.29) is 18.1 Å². The minimum atomic E-state index is -0.0201. The highest BCUT2D eigenvalue weighted by Gasteiger charge is 2.07. The van der Waals surface area contributed by atoms with Gasteiger partial charge in [-0.2, -0.15) is 15.0 Å². The van der Waals surface area contributed by atoms with Crippen molar-refractivity contribution in [3.63, 3.8) is 0 Å². The molecule has 0 fully saturated rings. The van der Waals surface area contributed by atoms with Gasteiger partial charge in [0, 0.05) is 13.2 Å². The summed E-state index contributed by atoms with van der Waals surface area (Å²) in [7, 11) is 0. The highest BCUT2D eigenvalue weighted by Crippen LogP contribution is 2.11. The fraction of sp³-hybridized carbons (Fsp3) is 0.750. The van der Waals surface area contributed by atoms with Crippen molar-refractivity contribution in [3.8, 4) is 6.01 Å². The van der Waals surface area contributed by atoms with Crippen molar-refractivity contribution >= 4 is 11.9 Å². The number of hydrazine groups is 1. The highest BCUT2D eigenvalue weighted by atomic mass is 16.5. The van der Waals surface area contributed by atoms with Gasteiger partial charge in [0.05, 0.1) is 12.7 Å². The molecule has 0 aliphatic heterocycles. The zero-order chi connectivity index (χ0) is 14.8. The summed E-state index contributed by atoms with van der Waals surface area (Å²) >= 11 is 0. The molecular formula is C12H24N6O2. The molecular weight excluding hydrogens is 260 g/mol. The van der Waals surface area contributed by atoms with E-state index in [4.69, 9.17) is 15.3 Å². The van der Waals surface area contributed by atoms with Gasteiger partial charge in [0.1, 0.15) is 0 Å². The van der Waals surface area contributed by atoms with Crippen LogP contribution in [0.4, 0.5) is 11.9 Å². The lowest BCUT2D eigenvalue weighted by Crippen LogP contribution is -2.18. The number of unbranched alkanes of at least 4 members (excludes halogenated alkanes) is 1. The molecule has 0 saturated heterocycles. The molecule has 1 heterocycles. The first-order chi connectivity index (χ1) is 9.65. The van der Waals surface area contributed by atoms with Crippen LogP contribution in [0.15, 0.2) is 0 Å². The van der Waals surface area contributed by atoms with Crippen molar-refractivity contribution in [3.05, 3.63) is 0 Å². The normalized spacial score (nSPS) is 10.7. The maximum absolute atomic E-state index is 5.44. The molecule has 0 radical (unpaired) electrons. The number of hydrogen-bond acceptors (Lipinski definition) is 8. The van der Waals surface area contributed by atoms with E-state index in [1.165, 1.54) is 0 Å². The van der Waals surface area contributed by atoms with E-state index in [0.717, 1.165) is 19.4 Å². The molecule has 8 nitrogen and oxygen atoms in total. The van der Waals surface area contributed by atoms with Crippen LogP contribution in [-0.4, -0.2) is 40.8 Å². The van der Waals surface area contributed by atoms with Gasteiger partial charge in [0.2, 0.25) is 11.9 Å². The first-order valence-electron chi connectivity index (χ1n) is 6.86. The van der Waals surface area contributed by atoms with Gasteiger partial charge in [0.25, 0.3) is 0 Å². The van der Waals surface area contributed by atoms with E-state index in [9.17, 15) is 0 Å². The minimum absolute atomic E-state index is 0.0201. The Kier molecular flexibility index (Phi) is 7.59. The van der Waals surface area contributed by atoms with Crippen LogP contribution < -0.4 is 21.3 Å². The van der Waals surface area contributed by atoms with Crippen molar-refractivity contribution < 1.29 is 9.47 Å². The van der Waals surface area contributed by atoms with Crippen LogP contribution >= 0.6 is 0 Å². The number of nitrogens with two attached hydrogens (primary N) is 1. The van der Waals surface area contributed by atoms with Crippen molar-refractivity contribution in [1.82, 2.24) is 15.0 Å². The van der Waals surface area contributed by atoms with Gasteiger partial charge in [-0.15, -0.1) is 0 Å². The molecule has 0 aliphatic rings. The molecule has 4 N–H and O–H groups in total. The van der Waals surface area contributed by atoms with E-state index in [1.54, 1.807) is 0 Å². The zero-order valence-electron chi connectivity index (χ0n) is 12.3. The third-order valence-corrected chi connectivity index (χ3v) is 2.26. The van der Waals surface area contributed by atoms with Crippen molar-refractivity contribution in [2.45, 2.75) is 39.7 Å². The number of rotatable bonds is 10. The molecule has 0 aromatic carbocycles. The predicted molar refractivity (Wildman–Crippen MR) is 77.6 cm³/mol. The Hall–Kier alpha value is -1.67. The third-order valence-electron chi connectivity index (χ3n) is 2.26. The highest BCUT2D eigenvalue weighted by molar-refractivity contribution is 5.34. The average Bonchev–Trinajstić information content (AvgIpc) is 2.41. The van der Waals surface area contributed by atoms with E-state index >= 15 is 0 Å². The van der Waals surface area contributed by atoms with Gasteiger partial charge in [0.15, 0.2) is 0 Å². The van der Waals surface area contributed by atoms with Gasteiger partial charge in [-0.25, -0.2) is 5.84 Å². The fourth-order valence-corrected chi connectivity index (χ4v) is 1.35. The van der Waals surface area contributed by atoms with Gasteiger partial charge < -0.3 is 14.8 Å². The Morgan fingerprint density at radius 3 is 2.55 bits per heavy atom. The number of hydrogen-bond donors (Lipinski definition) is 3. The van der Waals surface area contributed by atoms with E-state index in [2.05, 4.69) is 32.6 Å². The SMILES string of the molecule is CCCCOCCNc1nc(NN)nc(OC(C)C)n1. The quantitative estimate of drug-likeness (QED) is 0.334. The zero-order valence-corrected chi connectivity index (χ0v) is 12.3. The third kappa shape index (κ3) is 6.48. The van der Waals surface area contributed by atoms with Crippen LogP contribution in [-0.2, 0) is 4.74 Å². The second-order valence-electron chi connectivity index (χ2n) is 4.47. The first kappa shape index (κ1) is 16.4. The topological polar surface area (TPSA) is 107 Å². The second-order valence-corrected chi connectivity index (χ2v) is 4.47. The smallest absolute Gasteiger partial charge is 0.323 e. The van der Waals surface area contributed by atoms with Crippen LogP contribution in [0.1, 0.15) is 33.6 Å². The van der Waals surface area contributed by atoms with Crippen molar-refractivity contribution in [2.24, 2.45) is 5.84 Å². The predicted octanol–water partition coefficient (Wildman–Crippen LogP) is 1.17. The van der Waals surface area contributed by atoms with Crippen LogP contribution in [0.25, 0.3) is 0 Å². The molecule has 1 rings (SSSR count). The molecule has 0 atom stereocenters. The molecule has 114 valence electrons. The second kappa shape index (κ2) is 9.27. The minimum Gasteiger partial charge on any atom is -0.461 e. The molecule has 0 saturated carbocycles. The summed E-state index contributed by atoms with van der Waals surface area (Å²) in [5.74, 6) is 5.98. The largest absolute Gasteiger partial charge is 0.461 e. The van der Waals surface area contributed by atoms with Gasteiger partial charge in [-0.05, 0) is 20.3 Å². The van der Waals surface area contributed by atoms with E-state index in [0.29, 0.717) is 19.1 Å². The Balaban J connectivity index is 2.47. The lowest BCUT2D eigenvalue weighted by Gasteiger charge is -2.11. The van der Waals surface area contributed by atoms with Crippen molar-refractivity contribution in [2.75, 3.05) is 30.5 Å². The molecule has 0 aliphatic carbocycles. The van der Waals surface area contributed by atoms with Crippen molar-refractivity contribution in [1.29, 1.82) is 0 Å². The molecule has 20 heavy (non-hydrogen) atoms. The number of nitrogen functional groups attached to an aromatic ring is 1. The Morgan fingerprint density at radius 1 is 1.15 bits per heavy atom. The summed E-state index contributed by atoms with van der Waals surface area (Å²) in [5.41, 5.74) is 2.39. The molecule has 0 unspecified atom stereocenters. The van der Waals surface area contributed by atoms with Crippen LogP contribution in [0.5, 0.6) is 6.01 Å². The van der Waals surface area contributed by atoms with E-state index in [1.807, 2.05) is 13.8 Å². The molecule has 1 aromatic rings. The number of nitrogens with zero attached hydrogens (tertiary/aromatic N) is 3. The Labute approximate surface area is 119 Å². The summed E-state index contributed by atoms with van der Waals surface area (Å²) in [6, 6.07) is 0.234. The van der Waals surface area contributed by atoms with Gasteiger partial charge >= 0.3 is 6.01 Å². The summed E-state index contributed by atoms with van der Waals surface area (Å²) in [4.78, 5) is 12.2. The first-order valence-corrected chi connectivity index (χ1v) is 6.86. The number of anilines is 2. The molecule has 8 heteroatoms. The fourth-order valence-electron chi connectivity index (χ4n) is 1.35. The van der Waals surface area contributed by atoms with Crippen LogP contribution in [0.3, 0.4) is 0 Å². The maximum Gasteiger partial charge on any atom is 0.323 e. The molecule has 0 spiro atoms. The molecule has 1 aromatic heterocycles. The van der Waals surface area contributed by atoms with E-state index < -0.39 is 0 Å². The Bertz CT molecular complexity index is 388. The van der Waals surface area contributed by atoms with Gasteiger partial charge in [-0.3, -0.25) is 5.43 Å². The summed E-state index contributed by atoms with van der Waals surface area (Å²) in [6.07, 6.45) is 2.18. The number of ether oxygens (including phenoxy) is 2. The average molecular weight is 284 g/mol. The summed E-state index contributed by atoms with van der Waals surface area (Å²) in [6.45, 7) is 7.90. The Morgan fingerprint density at radius 2 is 1.90 bits per heavy atom. The molecule has 0 bridgehead atoms. The summed E-state index contributed by atoms with van der Waals surface area (Å²) < 4.78 is 10.9.